The van der Waals surface area contributed by atoms with Gasteiger partial charge >= 0.3 is 5.97 Å². The number of rotatable bonds is 7. The maximum Gasteiger partial charge on any atom is 0.307 e. The Morgan fingerprint density at radius 3 is 2.84 bits per heavy atom. The fourth-order valence-corrected chi connectivity index (χ4v) is 4.90. The van der Waals surface area contributed by atoms with E-state index in [2.05, 4.69) is 10.3 Å². The van der Waals surface area contributed by atoms with E-state index >= 15 is 0 Å². The molecule has 8 heteroatoms. The third kappa shape index (κ3) is 4.81. The number of methoxy groups -OCH3 is 1. The average Bonchev–Trinajstić information content (AvgIpc) is 3.28. The first-order valence-electron chi connectivity index (χ1n) is 7.53. The number of carbonyl (C=O) groups excluding carboxylic acids is 2. The predicted molar refractivity (Wildman–Crippen MR) is 102 cm³/mol. The van der Waals surface area contributed by atoms with E-state index in [1.165, 1.54) is 30.2 Å². The van der Waals surface area contributed by atoms with Crippen molar-refractivity contribution in [2.75, 3.05) is 12.9 Å². The van der Waals surface area contributed by atoms with Crippen LogP contribution in [0.5, 0.6) is 0 Å². The van der Waals surface area contributed by atoms with E-state index < -0.39 is 0 Å². The van der Waals surface area contributed by atoms with E-state index in [0.717, 1.165) is 19.4 Å². The minimum atomic E-state index is -0.365. The van der Waals surface area contributed by atoms with Crippen molar-refractivity contribution >= 4 is 56.5 Å². The lowest BCUT2D eigenvalue weighted by atomic mass is 10.1. The summed E-state index contributed by atoms with van der Waals surface area (Å²) in [6.07, 6.45) is 0.120. The third-order valence-electron chi connectivity index (χ3n) is 3.42. The van der Waals surface area contributed by atoms with E-state index in [9.17, 15) is 9.59 Å². The van der Waals surface area contributed by atoms with Gasteiger partial charge in [0.25, 0.3) is 0 Å². The molecule has 2 aromatic heterocycles. The van der Waals surface area contributed by atoms with E-state index in [4.69, 9.17) is 4.74 Å². The SMILES string of the molecule is COC(=O)CC(NC(=O)CSc1nc2ccccc2s1)c1cccs1. The number of hydrogen-bond donors (Lipinski definition) is 1. The van der Waals surface area contributed by atoms with E-state index in [1.54, 1.807) is 11.3 Å². The summed E-state index contributed by atoms with van der Waals surface area (Å²) in [6, 6.07) is 11.3. The van der Waals surface area contributed by atoms with Crippen molar-refractivity contribution in [1.29, 1.82) is 0 Å². The van der Waals surface area contributed by atoms with Gasteiger partial charge in [-0.15, -0.1) is 22.7 Å². The number of thiazole rings is 1. The third-order valence-corrected chi connectivity index (χ3v) is 6.59. The largest absolute Gasteiger partial charge is 0.469 e. The van der Waals surface area contributed by atoms with Gasteiger partial charge in [0.05, 0.1) is 35.5 Å². The molecule has 0 aliphatic carbocycles. The first kappa shape index (κ1) is 17.9. The van der Waals surface area contributed by atoms with Crippen molar-refractivity contribution in [1.82, 2.24) is 10.3 Å². The number of nitrogens with one attached hydrogen (secondary N) is 1. The number of fused-ring (bicyclic) bond motifs is 1. The minimum Gasteiger partial charge on any atom is -0.469 e. The van der Waals surface area contributed by atoms with Crippen LogP contribution in [0.15, 0.2) is 46.1 Å². The van der Waals surface area contributed by atoms with Crippen LogP contribution in [-0.2, 0) is 14.3 Å². The highest BCUT2D eigenvalue weighted by Gasteiger charge is 2.20. The number of esters is 1. The molecule has 2 heterocycles. The van der Waals surface area contributed by atoms with E-state index in [-0.39, 0.29) is 30.1 Å². The Labute approximate surface area is 157 Å². The van der Waals surface area contributed by atoms with Crippen molar-refractivity contribution in [3.8, 4) is 0 Å². The molecule has 1 atom stereocenters. The van der Waals surface area contributed by atoms with Gasteiger partial charge in [0.1, 0.15) is 0 Å². The number of thiophene rings is 1. The summed E-state index contributed by atoms with van der Waals surface area (Å²) in [7, 11) is 1.35. The Hall–Kier alpha value is -1.90. The molecule has 0 saturated heterocycles. The standard InChI is InChI=1S/C17H16N2O3S3/c1-22-16(21)9-12(13-7-4-8-23-13)18-15(20)10-24-17-19-11-5-2-3-6-14(11)25-17/h2-8,12H,9-10H2,1H3,(H,18,20). The molecule has 25 heavy (non-hydrogen) atoms. The fraction of sp³-hybridized carbons (Fsp3) is 0.235. The van der Waals surface area contributed by atoms with E-state index in [1.807, 2.05) is 41.8 Å². The van der Waals surface area contributed by atoms with Gasteiger partial charge in [-0.05, 0) is 23.6 Å². The molecule has 1 N–H and O–H groups in total. The summed E-state index contributed by atoms with van der Waals surface area (Å²) in [5.41, 5.74) is 0.942. The summed E-state index contributed by atoms with van der Waals surface area (Å²) < 4.78 is 6.69. The van der Waals surface area contributed by atoms with Gasteiger partial charge in [-0.25, -0.2) is 4.98 Å². The fourth-order valence-electron chi connectivity index (χ4n) is 2.24. The Morgan fingerprint density at radius 2 is 2.12 bits per heavy atom. The second-order valence-electron chi connectivity index (χ2n) is 5.15. The van der Waals surface area contributed by atoms with Crippen LogP contribution < -0.4 is 5.32 Å². The Balaban J connectivity index is 1.60. The lowest BCUT2D eigenvalue weighted by Crippen LogP contribution is -2.31. The number of ether oxygens (including phenoxy) is 1. The molecule has 0 bridgehead atoms. The quantitative estimate of drug-likeness (QED) is 0.488. The highest BCUT2D eigenvalue weighted by Crippen LogP contribution is 2.29. The average molecular weight is 393 g/mol. The summed E-state index contributed by atoms with van der Waals surface area (Å²) in [5, 5.41) is 4.83. The van der Waals surface area contributed by atoms with Crippen molar-refractivity contribution in [3.63, 3.8) is 0 Å². The number of thioether (sulfide) groups is 1. The van der Waals surface area contributed by atoms with Crippen LogP contribution in [-0.4, -0.2) is 29.7 Å². The summed E-state index contributed by atoms with van der Waals surface area (Å²) in [6.45, 7) is 0. The smallest absolute Gasteiger partial charge is 0.307 e. The van der Waals surface area contributed by atoms with Crippen LogP contribution >= 0.6 is 34.4 Å². The second-order valence-corrected chi connectivity index (χ2v) is 8.38. The summed E-state index contributed by atoms with van der Waals surface area (Å²) >= 11 is 4.47. The Bertz CT molecular complexity index is 828. The lowest BCUT2D eigenvalue weighted by Gasteiger charge is -2.16. The van der Waals surface area contributed by atoms with Gasteiger partial charge in [0.2, 0.25) is 5.91 Å². The van der Waals surface area contributed by atoms with Crippen LogP contribution in [0.1, 0.15) is 17.3 Å². The summed E-state index contributed by atoms with van der Waals surface area (Å²) in [4.78, 5) is 29.3. The zero-order chi connectivity index (χ0) is 17.6. The Kier molecular flexibility index (Phi) is 6.06. The maximum absolute atomic E-state index is 12.3. The number of aromatic nitrogens is 1. The van der Waals surface area contributed by atoms with E-state index in [0.29, 0.717) is 0 Å². The highest BCUT2D eigenvalue weighted by molar-refractivity contribution is 8.01. The predicted octanol–water partition coefficient (Wildman–Crippen LogP) is 3.87. The van der Waals surface area contributed by atoms with Gasteiger partial charge in [-0.2, -0.15) is 0 Å². The van der Waals surface area contributed by atoms with Gasteiger partial charge in [-0.1, -0.05) is 30.0 Å². The van der Waals surface area contributed by atoms with Crippen LogP contribution in [0.4, 0.5) is 0 Å². The molecule has 5 nitrogen and oxygen atoms in total. The number of para-hydroxylation sites is 1. The van der Waals surface area contributed by atoms with Gasteiger partial charge in [0.15, 0.2) is 4.34 Å². The monoisotopic (exact) mass is 392 g/mol. The molecule has 3 rings (SSSR count). The molecule has 0 saturated carbocycles. The maximum atomic E-state index is 12.3. The first-order valence-corrected chi connectivity index (χ1v) is 10.2. The minimum absolute atomic E-state index is 0.120. The molecule has 0 fully saturated rings. The Morgan fingerprint density at radius 1 is 1.28 bits per heavy atom. The molecule has 0 aliphatic rings. The molecule has 0 radical (unpaired) electrons. The molecule has 1 aromatic carbocycles. The number of hydrogen-bond acceptors (Lipinski definition) is 7. The van der Waals surface area contributed by atoms with Gasteiger partial charge in [-0.3, -0.25) is 9.59 Å². The first-order chi connectivity index (χ1) is 12.2. The van der Waals surface area contributed by atoms with Crippen LogP contribution in [0, 0.1) is 0 Å². The number of carbonyl (C=O) groups is 2. The lowest BCUT2D eigenvalue weighted by molar-refractivity contribution is -0.141. The zero-order valence-corrected chi connectivity index (χ0v) is 15.9. The number of benzene rings is 1. The molecule has 130 valence electrons. The van der Waals surface area contributed by atoms with Crippen LogP contribution in [0.3, 0.4) is 0 Å². The van der Waals surface area contributed by atoms with Crippen molar-refractivity contribution in [3.05, 3.63) is 46.7 Å². The highest BCUT2D eigenvalue weighted by atomic mass is 32.2. The van der Waals surface area contributed by atoms with Crippen molar-refractivity contribution in [2.45, 2.75) is 16.8 Å². The second kappa shape index (κ2) is 8.46. The number of amides is 1. The van der Waals surface area contributed by atoms with Gasteiger partial charge in [0, 0.05) is 4.88 Å². The van der Waals surface area contributed by atoms with Crippen molar-refractivity contribution in [2.24, 2.45) is 0 Å². The zero-order valence-electron chi connectivity index (χ0n) is 13.4. The van der Waals surface area contributed by atoms with Crippen LogP contribution in [0.2, 0.25) is 0 Å². The molecular weight excluding hydrogens is 376 g/mol. The molecule has 0 aliphatic heterocycles. The molecule has 1 unspecified atom stereocenters. The van der Waals surface area contributed by atoms with Crippen molar-refractivity contribution < 1.29 is 14.3 Å². The molecule has 3 aromatic rings. The van der Waals surface area contributed by atoms with Gasteiger partial charge < -0.3 is 10.1 Å². The number of nitrogens with zero attached hydrogens (tertiary/aromatic N) is 1. The molecular formula is C17H16N2O3S3. The molecule has 0 spiro atoms. The van der Waals surface area contributed by atoms with Crippen LogP contribution in [0.25, 0.3) is 10.2 Å². The summed E-state index contributed by atoms with van der Waals surface area (Å²) in [5.74, 6) is -0.229. The molecule has 1 amide bonds. The normalized spacial score (nSPS) is 12.0. The topological polar surface area (TPSA) is 68.3 Å².